The topological polar surface area (TPSA) is 91.4 Å². The first-order chi connectivity index (χ1) is 14.5. The molecule has 1 aromatic carbocycles. The van der Waals surface area contributed by atoms with Gasteiger partial charge in [-0.2, -0.15) is 0 Å². The monoisotopic (exact) mass is 406 g/mol. The molecule has 156 valence electrons. The molecule has 4 amide bonds. The largest absolute Gasteiger partial charge is 0.344 e. The summed E-state index contributed by atoms with van der Waals surface area (Å²) in [5, 5.41) is 5.84. The summed E-state index contributed by atoms with van der Waals surface area (Å²) in [6.07, 6.45) is 6.38. The van der Waals surface area contributed by atoms with Crippen LogP contribution in [-0.2, 0) is 9.59 Å². The highest BCUT2D eigenvalue weighted by Crippen LogP contribution is 2.36. The highest BCUT2D eigenvalue weighted by Gasteiger charge is 2.52. The van der Waals surface area contributed by atoms with Crippen molar-refractivity contribution < 1.29 is 14.4 Å². The highest BCUT2D eigenvalue weighted by molar-refractivity contribution is 6.09. The molecule has 7 heteroatoms. The summed E-state index contributed by atoms with van der Waals surface area (Å²) in [5.41, 5.74) is 0.944. The quantitative estimate of drug-likeness (QED) is 0.747. The van der Waals surface area contributed by atoms with Crippen LogP contribution in [-0.4, -0.2) is 39.8 Å². The predicted molar refractivity (Wildman–Crippen MR) is 111 cm³/mol. The molecule has 2 fully saturated rings. The molecule has 2 heterocycles. The summed E-state index contributed by atoms with van der Waals surface area (Å²) in [7, 11) is 0. The van der Waals surface area contributed by atoms with Crippen molar-refractivity contribution in [2.24, 2.45) is 5.92 Å². The lowest BCUT2D eigenvalue weighted by molar-refractivity contribution is -0.136. The second kappa shape index (κ2) is 8.26. The molecule has 2 aromatic rings. The Morgan fingerprint density at radius 1 is 1.13 bits per heavy atom. The van der Waals surface area contributed by atoms with Crippen molar-refractivity contribution in [2.75, 3.05) is 6.54 Å². The first-order valence-corrected chi connectivity index (χ1v) is 10.4. The third kappa shape index (κ3) is 3.92. The van der Waals surface area contributed by atoms with Crippen LogP contribution in [0.25, 0.3) is 0 Å². The predicted octanol–water partition coefficient (Wildman–Crippen LogP) is 2.79. The Kier molecular flexibility index (Phi) is 5.53. The van der Waals surface area contributed by atoms with Crippen LogP contribution in [0, 0.1) is 5.92 Å². The fourth-order valence-electron chi connectivity index (χ4n) is 4.32. The van der Waals surface area contributed by atoms with Crippen LogP contribution in [0.5, 0.6) is 0 Å². The van der Waals surface area contributed by atoms with Gasteiger partial charge < -0.3 is 10.6 Å². The lowest BCUT2D eigenvalue weighted by atomic mass is 9.77. The third-order valence-corrected chi connectivity index (χ3v) is 6.15. The first kappa shape index (κ1) is 20.1. The van der Waals surface area contributed by atoms with E-state index in [0.717, 1.165) is 28.9 Å². The fourth-order valence-corrected chi connectivity index (χ4v) is 4.32. The number of nitrogens with one attached hydrogen (secondary N) is 2. The molecule has 1 aromatic heterocycles. The number of nitrogens with zero attached hydrogens (tertiary/aromatic N) is 2. The molecular weight excluding hydrogens is 380 g/mol. The SMILES string of the molecule is CC1CCC2(CC1)NC(=O)N(CC(=O)NC(c1ccccc1)c1ccncc1)C2=O. The lowest BCUT2D eigenvalue weighted by Crippen LogP contribution is -2.50. The van der Waals surface area contributed by atoms with E-state index in [9.17, 15) is 14.4 Å². The van der Waals surface area contributed by atoms with E-state index >= 15 is 0 Å². The number of hydrogen-bond acceptors (Lipinski definition) is 4. The summed E-state index contributed by atoms with van der Waals surface area (Å²) in [4.78, 5) is 43.5. The number of carbonyl (C=O) groups excluding carboxylic acids is 3. The van der Waals surface area contributed by atoms with Crippen LogP contribution < -0.4 is 10.6 Å². The third-order valence-electron chi connectivity index (χ3n) is 6.15. The minimum Gasteiger partial charge on any atom is -0.344 e. The van der Waals surface area contributed by atoms with Crippen LogP contribution in [0.15, 0.2) is 54.9 Å². The maximum Gasteiger partial charge on any atom is 0.325 e. The summed E-state index contributed by atoms with van der Waals surface area (Å²) in [5.74, 6) is -0.121. The van der Waals surface area contributed by atoms with Gasteiger partial charge in [0.25, 0.3) is 5.91 Å². The Bertz CT molecular complexity index is 884. The first-order valence-electron chi connectivity index (χ1n) is 10.4. The molecule has 30 heavy (non-hydrogen) atoms. The minimum absolute atomic E-state index is 0.283. The summed E-state index contributed by atoms with van der Waals surface area (Å²) < 4.78 is 0. The normalized spacial score (nSPS) is 24.6. The highest BCUT2D eigenvalue weighted by atomic mass is 16.2. The molecule has 1 spiro atoms. The van der Waals surface area contributed by atoms with Gasteiger partial charge in [0.05, 0.1) is 6.04 Å². The molecular formula is C23H26N4O3. The van der Waals surface area contributed by atoms with Gasteiger partial charge in [-0.3, -0.25) is 19.5 Å². The minimum atomic E-state index is -0.839. The molecule has 1 unspecified atom stereocenters. The zero-order chi connectivity index (χ0) is 21.1. The maximum atomic E-state index is 13.0. The van der Waals surface area contributed by atoms with Crippen molar-refractivity contribution in [3.63, 3.8) is 0 Å². The van der Waals surface area contributed by atoms with Gasteiger partial charge in [0, 0.05) is 12.4 Å². The van der Waals surface area contributed by atoms with E-state index in [2.05, 4.69) is 22.5 Å². The molecule has 2 N–H and O–H groups in total. The van der Waals surface area contributed by atoms with Crippen molar-refractivity contribution in [3.05, 3.63) is 66.0 Å². The molecule has 1 saturated carbocycles. The number of carbonyl (C=O) groups is 3. The molecule has 2 aliphatic rings. The molecule has 7 nitrogen and oxygen atoms in total. The van der Waals surface area contributed by atoms with Crippen LogP contribution in [0.2, 0.25) is 0 Å². The number of aromatic nitrogens is 1. The number of rotatable bonds is 5. The van der Waals surface area contributed by atoms with Crippen LogP contribution in [0.4, 0.5) is 4.79 Å². The lowest BCUT2D eigenvalue weighted by Gasteiger charge is -2.33. The molecule has 1 aliphatic heterocycles. The van der Waals surface area contributed by atoms with E-state index in [1.807, 2.05) is 42.5 Å². The average Bonchev–Trinajstić information content (AvgIpc) is 2.99. The van der Waals surface area contributed by atoms with E-state index in [1.165, 1.54) is 0 Å². The Labute approximate surface area is 175 Å². The Hall–Kier alpha value is -3.22. The Morgan fingerprint density at radius 2 is 1.77 bits per heavy atom. The summed E-state index contributed by atoms with van der Waals surface area (Å²) in [6.45, 7) is 1.86. The van der Waals surface area contributed by atoms with Gasteiger partial charge >= 0.3 is 6.03 Å². The zero-order valence-electron chi connectivity index (χ0n) is 17.0. The number of hydrogen-bond donors (Lipinski definition) is 2. The van der Waals surface area contributed by atoms with Crippen LogP contribution >= 0.6 is 0 Å². The van der Waals surface area contributed by atoms with Crippen molar-refractivity contribution in [2.45, 2.75) is 44.2 Å². The molecule has 0 radical (unpaired) electrons. The molecule has 1 atom stereocenters. The van der Waals surface area contributed by atoms with Crippen LogP contribution in [0.1, 0.15) is 49.8 Å². The maximum absolute atomic E-state index is 13.0. The Morgan fingerprint density at radius 3 is 2.43 bits per heavy atom. The molecule has 1 saturated heterocycles. The average molecular weight is 406 g/mol. The van der Waals surface area contributed by atoms with E-state index in [4.69, 9.17) is 0 Å². The number of pyridine rings is 1. The van der Waals surface area contributed by atoms with Crippen molar-refractivity contribution in [1.29, 1.82) is 0 Å². The summed E-state index contributed by atoms with van der Waals surface area (Å²) >= 11 is 0. The molecule has 1 aliphatic carbocycles. The standard InChI is InChI=1S/C23H26N4O3/c1-16-7-11-23(12-8-16)21(29)27(22(30)26-23)15-19(28)25-20(17-5-3-2-4-6-17)18-9-13-24-14-10-18/h2-6,9-10,13-14,16,20H,7-8,11-12,15H2,1H3,(H,25,28)(H,26,30). The van der Waals surface area contributed by atoms with Gasteiger partial charge in [-0.15, -0.1) is 0 Å². The van der Waals surface area contributed by atoms with Crippen molar-refractivity contribution in [1.82, 2.24) is 20.5 Å². The smallest absolute Gasteiger partial charge is 0.325 e. The van der Waals surface area contributed by atoms with Gasteiger partial charge in [-0.1, -0.05) is 37.3 Å². The van der Waals surface area contributed by atoms with Crippen molar-refractivity contribution >= 4 is 17.8 Å². The van der Waals surface area contributed by atoms with Gasteiger partial charge in [-0.05, 0) is 54.9 Å². The van der Waals surface area contributed by atoms with Gasteiger partial charge in [0.1, 0.15) is 12.1 Å². The molecule has 0 bridgehead atoms. The second-order valence-corrected chi connectivity index (χ2v) is 8.28. The van der Waals surface area contributed by atoms with E-state index in [-0.39, 0.29) is 18.4 Å². The number of benzene rings is 1. The van der Waals surface area contributed by atoms with Gasteiger partial charge in [0.2, 0.25) is 5.91 Å². The number of amides is 4. The van der Waals surface area contributed by atoms with E-state index in [0.29, 0.717) is 18.8 Å². The number of urea groups is 1. The number of imide groups is 1. The zero-order valence-corrected chi connectivity index (χ0v) is 17.0. The van der Waals surface area contributed by atoms with E-state index in [1.54, 1.807) is 12.4 Å². The Balaban J connectivity index is 1.49. The van der Waals surface area contributed by atoms with Gasteiger partial charge in [-0.25, -0.2) is 4.79 Å². The van der Waals surface area contributed by atoms with Crippen LogP contribution in [0.3, 0.4) is 0 Å². The van der Waals surface area contributed by atoms with E-state index < -0.39 is 17.6 Å². The fraction of sp³-hybridized carbons (Fsp3) is 0.391. The summed E-state index contributed by atoms with van der Waals surface area (Å²) in [6, 6.07) is 12.4. The second-order valence-electron chi connectivity index (χ2n) is 8.28. The molecule has 4 rings (SSSR count). The van der Waals surface area contributed by atoms with Gasteiger partial charge in [0.15, 0.2) is 0 Å². The van der Waals surface area contributed by atoms with Crippen molar-refractivity contribution in [3.8, 4) is 0 Å².